The Labute approximate surface area is 213 Å². The third-order valence-corrected chi connectivity index (χ3v) is 5.89. The fourth-order valence-corrected chi connectivity index (χ4v) is 3.60. The van der Waals surface area contributed by atoms with Gasteiger partial charge in [-0.3, -0.25) is 9.59 Å². The molecule has 2 amide bonds. The second-order valence-electron chi connectivity index (χ2n) is 9.71. The lowest BCUT2D eigenvalue weighted by Gasteiger charge is -2.23. The number of rotatable bonds is 17. The van der Waals surface area contributed by atoms with Gasteiger partial charge in [0.2, 0.25) is 11.8 Å². The van der Waals surface area contributed by atoms with E-state index in [1.54, 1.807) is 0 Å². The van der Waals surface area contributed by atoms with Gasteiger partial charge in [-0.05, 0) is 56.8 Å². The summed E-state index contributed by atoms with van der Waals surface area (Å²) in [5.41, 5.74) is 2.19. The minimum Gasteiger partial charge on any atom is -0.493 e. The van der Waals surface area contributed by atoms with E-state index in [9.17, 15) is 9.59 Å². The van der Waals surface area contributed by atoms with Crippen molar-refractivity contribution in [2.24, 2.45) is 11.8 Å². The lowest BCUT2D eigenvalue weighted by Crippen LogP contribution is -2.53. The Balaban J connectivity index is 2.65. The molecule has 198 valence electrons. The number of hydrogen-bond donors (Lipinski definition) is 3. The number of allylic oxidation sites excluding steroid dienone is 2. The molecule has 3 atom stereocenters. The Kier molecular flexibility index (Phi) is 14.8. The van der Waals surface area contributed by atoms with E-state index in [4.69, 9.17) is 4.74 Å². The highest BCUT2D eigenvalue weighted by molar-refractivity contribution is 5.88. The number of hydrogen-bond acceptors (Lipinski definition) is 5. The number of carbonyl (C=O) groups is 2. The zero-order chi connectivity index (χ0) is 26.2. The van der Waals surface area contributed by atoms with Crippen molar-refractivity contribution < 1.29 is 14.3 Å². The van der Waals surface area contributed by atoms with Crippen LogP contribution in [0.3, 0.4) is 0 Å². The Morgan fingerprint density at radius 2 is 1.77 bits per heavy atom. The van der Waals surface area contributed by atoms with Gasteiger partial charge >= 0.3 is 0 Å². The van der Waals surface area contributed by atoms with Crippen molar-refractivity contribution in [2.75, 3.05) is 40.3 Å². The van der Waals surface area contributed by atoms with E-state index in [-0.39, 0.29) is 24.3 Å². The summed E-state index contributed by atoms with van der Waals surface area (Å²) < 4.78 is 6.05. The van der Waals surface area contributed by atoms with Gasteiger partial charge in [-0.15, -0.1) is 0 Å². The Morgan fingerprint density at radius 1 is 1.06 bits per heavy atom. The van der Waals surface area contributed by atoms with Crippen LogP contribution < -0.4 is 20.7 Å². The first-order valence-corrected chi connectivity index (χ1v) is 13.0. The van der Waals surface area contributed by atoms with Gasteiger partial charge in [0, 0.05) is 18.8 Å². The summed E-state index contributed by atoms with van der Waals surface area (Å²) in [6.07, 6.45) is 5.71. The summed E-state index contributed by atoms with van der Waals surface area (Å²) in [5.74, 6) is 1.29. The molecule has 0 aliphatic heterocycles. The lowest BCUT2D eigenvalue weighted by molar-refractivity contribution is -0.129. The Bertz CT molecular complexity index is 794. The van der Waals surface area contributed by atoms with Crippen LogP contribution in [0.1, 0.15) is 59.4 Å². The first kappa shape index (κ1) is 30.5. The minimum absolute atomic E-state index is 0.153. The van der Waals surface area contributed by atoms with E-state index in [0.29, 0.717) is 25.6 Å². The van der Waals surface area contributed by atoms with Crippen LogP contribution in [0.25, 0.3) is 0 Å². The number of para-hydroxylation sites is 1. The quantitative estimate of drug-likeness (QED) is 0.311. The average molecular weight is 489 g/mol. The highest BCUT2D eigenvalue weighted by atomic mass is 16.5. The van der Waals surface area contributed by atoms with Crippen LogP contribution in [0, 0.1) is 11.8 Å². The van der Waals surface area contributed by atoms with Crippen LogP contribution >= 0.6 is 0 Å². The maximum Gasteiger partial charge on any atom is 0.243 e. The van der Waals surface area contributed by atoms with Crippen LogP contribution in [0.2, 0.25) is 0 Å². The van der Waals surface area contributed by atoms with Crippen molar-refractivity contribution >= 4 is 11.8 Å². The molecule has 0 aromatic heterocycles. The second-order valence-corrected chi connectivity index (χ2v) is 9.71. The molecule has 0 aliphatic carbocycles. The van der Waals surface area contributed by atoms with Gasteiger partial charge in [0.05, 0.1) is 13.2 Å². The molecule has 0 heterocycles. The van der Waals surface area contributed by atoms with Crippen LogP contribution in [-0.2, 0) is 16.0 Å². The molecule has 0 spiro atoms. The summed E-state index contributed by atoms with van der Waals surface area (Å²) in [6, 6.07) is 7.50. The molecule has 1 aromatic rings. The predicted octanol–water partition coefficient (Wildman–Crippen LogP) is 3.75. The Hall–Kier alpha value is -2.54. The van der Waals surface area contributed by atoms with Crippen molar-refractivity contribution in [2.45, 2.75) is 66.3 Å². The second kappa shape index (κ2) is 17.0. The van der Waals surface area contributed by atoms with Crippen molar-refractivity contribution in [3.8, 4) is 5.75 Å². The highest BCUT2D eigenvalue weighted by Gasteiger charge is 2.22. The first-order chi connectivity index (χ1) is 16.7. The largest absolute Gasteiger partial charge is 0.493 e. The third-order valence-electron chi connectivity index (χ3n) is 5.89. The smallest absolute Gasteiger partial charge is 0.243 e. The Morgan fingerprint density at radius 3 is 2.40 bits per heavy atom. The van der Waals surface area contributed by atoms with Crippen molar-refractivity contribution in [3.63, 3.8) is 0 Å². The van der Waals surface area contributed by atoms with Gasteiger partial charge in [-0.1, -0.05) is 65.3 Å². The van der Waals surface area contributed by atoms with Crippen LogP contribution in [0.5, 0.6) is 5.75 Å². The third kappa shape index (κ3) is 12.6. The average Bonchev–Trinajstić information content (AvgIpc) is 2.83. The molecule has 7 heteroatoms. The van der Waals surface area contributed by atoms with E-state index in [2.05, 4.69) is 55.8 Å². The molecule has 0 aliphatic rings. The molecule has 0 fully saturated rings. The summed E-state index contributed by atoms with van der Waals surface area (Å²) in [7, 11) is 3.78. The molecule has 1 rings (SSSR count). The number of benzene rings is 1. The van der Waals surface area contributed by atoms with E-state index < -0.39 is 6.04 Å². The SMILES string of the molecule is CC/C=C(/CC)NCC(=O)NC(CN(C)C)C(=O)NCC(C)Cc1ccccc1OC[C@H](C)CC. The number of likely N-dealkylation sites (N-methyl/N-ethyl adjacent to an activating group) is 1. The molecule has 3 N–H and O–H groups in total. The van der Waals surface area contributed by atoms with Gasteiger partial charge < -0.3 is 25.6 Å². The maximum absolute atomic E-state index is 12.9. The van der Waals surface area contributed by atoms with Gasteiger partial charge in [0.15, 0.2) is 0 Å². The van der Waals surface area contributed by atoms with Crippen molar-refractivity contribution in [3.05, 3.63) is 41.6 Å². The minimum atomic E-state index is -0.613. The molecule has 1 aromatic carbocycles. The maximum atomic E-state index is 12.9. The number of amides is 2. The van der Waals surface area contributed by atoms with E-state index in [1.807, 2.05) is 44.1 Å². The monoisotopic (exact) mass is 488 g/mol. The van der Waals surface area contributed by atoms with Gasteiger partial charge in [0.25, 0.3) is 0 Å². The zero-order valence-electron chi connectivity index (χ0n) is 22.9. The molecule has 2 unspecified atom stereocenters. The lowest BCUT2D eigenvalue weighted by atomic mass is 10.00. The summed E-state index contributed by atoms with van der Waals surface area (Å²) >= 11 is 0. The molecular formula is C28H48N4O3. The number of nitrogens with zero attached hydrogens (tertiary/aromatic N) is 1. The van der Waals surface area contributed by atoms with Gasteiger partial charge in [0.1, 0.15) is 11.8 Å². The molecule has 7 nitrogen and oxygen atoms in total. The predicted molar refractivity (Wildman–Crippen MR) is 144 cm³/mol. The van der Waals surface area contributed by atoms with E-state index in [0.717, 1.165) is 42.7 Å². The van der Waals surface area contributed by atoms with Crippen LogP contribution in [0.4, 0.5) is 0 Å². The van der Waals surface area contributed by atoms with Crippen LogP contribution in [0.15, 0.2) is 36.0 Å². The number of ether oxygens (including phenoxy) is 1. The van der Waals surface area contributed by atoms with Crippen LogP contribution in [-0.4, -0.2) is 63.1 Å². The van der Waals surface area contributed by atoms with Gasteiger partial charge in [-0.25, -0.2) is 0 Å². The highest BCUT2D eigenvalue weighted by Crippen LogP contribution is 2.22. The van der Waals surface area contributed by atoms with Gasteiger partial charge in [-0.2, -0.15) is 0 Å². The molecule has 0 saturated carbocycles. The van der Waals surface area contributed by atoms with Crippen molar-refractivity contribution in [1.29, 1.82) is 0 Å². The zero-order valence-corrected chi connectivity index (χ0v) is 22.9. The number of nitrogens with one attached hydrogen (secondary N) is 3. The molecule has 35 heavy (non-hydrogen) atoms. The first-order valence-electron chi connectivity index (χ1n) is 13.0. The standard InChI is InChI=1S/C28H48N4O3/c1-8-13-24(10-3)29-18-27(33)31-25(19-32(6)7)28(34)30-17-22(5)16-23-14-11-12-15-26(23)35-20-21(4)9-2/h11-15,21-22,25,29H,8-10,16-20H2,1-7H3,(H,30,34)(H,31,33)/b24-13-/t21-,22?,25?/m1/s1. The van der Waals surface area contributed by atoms with E-state index in [1.165, 1.54) is 0 Å². The summed E-state index contributed by atoms with van der Waals surface area (Å²) in [5, 5.41) is 9.08. The molecular weight excluding hydrogens is 440 g/mol. The van der Waals surface area contributed by atoms with E-state index >= 15 is 0 Å². The molecule has 0 saturated heterocycles. The summed E-state index contributed by atoms with van der Waals surface area (Å²) in [6.45, 7) is 12.4. The normalized spacial score (nSPS) is 14.2. The molecule has 0 radical (unpaired) electrons. The molecule has 0 bridgehead atoms. The fraction of sp³-hybridized carbons (Fsp3) is 0.643. The summed E-state index contributed by atoms with van der Waals surface area (Å²) in [4.78, 5) is 27.3. The topological polar surface area (TPSA) is 82.7 Å². The fourth-order valence-electron chi connectivity index (χ4n) is 3.60. The van der Waals surface area contributed by atoms with Crippen molar-refractivity contribution in [1.82, 2.24) is 20.9 Å². The number of carbonyl (C=O) groups excluding carboxylic acids is 2.